The van der Waals surface area contributed by atoms with E-state index in [1.807, 2.05) is 0 Å². The summed E-state index contributed by atoms with van der Waals surface area (Å²) in [5.41, 5.74) is -5.75. The smallest absolute Gasteiger partial charge is 0.326 e. The second-order valence-corrected chi connectivity index (χ2v) is 43.4. The summed E-state index contributed by atoms with van der Waals surface area (Å²) in [4.78, 5) is 146. The van der Waals surface area contributed by atoms with Gasteiger partial charge in [-0.15, -0.1) is 0 Å². The largest absolute Gasteiger partial charge is 0.748 e. The summed E-state index contributed by atoms with van der Waals surface area (Å²) in [5.74, 6) is -2.61. The van der Waals surface area contributed by atoms with E-state index in [1.165, 1.54) is 103 Å². The standard InChI is InChI=1S/C54H68N16O24S4.4C4H12N/c1-51-53(3)67-27-59-41-39-55(43(59)71)25-57-40-42-61(45(57)73)29-69-49(77)65-23-33-34(38(94-16-8-20-98(88,89)90)12-11-37(33)93-15-7-19-97(85,86)87)24-66-50(78)70(54(69,4)52(65,66)2)30-62(42)46(74)58(40)26-56(39)44(72)60(41)28-68(53)48(76)64(51)22-32-31(21-63(51)47(67)75)35(91-13-5-17-95(79,80)81)9-10-36(32)92-14-6-18-96(82,83)84;4*1-5(2,3)4/h9-12,39-42H,5-8,13-30H2,1-4H3,(H,79,80,81)(H,82,83,84)(H,85,86,87)(H,88,89,90);4*1-4H3/q;4*+1/p-4. The molecule has 0 saturated carbocycles. The molecule has 0 spiro atoms. The zero-order chi connectivity index (χ0) is 88.0. The highest BCUT2D eigenvalue weighted by Gasteiger charge is 2.80. The van der Waals surface area contributed by atoms with Crippen molar-refractivity contribution in [2.75, 3.05) is 202 Å². The van der Waals surface area contributed by atoms with E-state index in [-0.39, 0.29) is 124 Å². The minimum Gasteiger partial charge on any atom is -0.748 e. The van der Waals surface area contributed by atoms with Crippen LogP contribution >= 0.6 is 0 Å². The number of nitrogens with zero attached hydrogens (tertiary/aromatic N) is 20. The molecular formula is C70H112N20O24S4. The number of carbonyl (C=O) groups is 8. The van der Waals surface area contributed by atoms with Gasteiger partial charge in [-0.25, -0.2) is 72.0 Å². The van der Waals surface area contributed by atoms with Gasteiger partial charge in [0.15, 0.2) is 47.3 Å². The van der Waals surface area contributed by atoms with Crippen LogP contribution in [-0.2, 0) is 66.7 Å². The molecule has 16 amide bonds. The summed E-state index contributed by atoms with van der Waals surface area (Å²) in [5, 5.41) is 0. The maximum Gasteiger partial charge on any atom is 0.326 e. The van der Waals surface area contributed by atoms with Crippen LogP contribution in [0, 0.1) is 0 Å². The molecule has 13 heterocycles. The van der Waals surface area contributed by atoms with Crippen LogP contribution < -0.4 is 18.9 Å². The third-order valence-corrected chi connectivity index (χ3v) is 25.0. The Morgan fingerprint density at radius 1 is 0.288 bits per heavy atom. The Bertz CT molecular complexity index is 4250. The zero-order valence-corrected chi connectivity index (χ0v) is 73.8. The van der Waals surface area contributed by atoms with Crippen LogP contribution in [0.1, 0.15) is 75.6 Å². The predicted molar refractivity (Wildman–Crippen MR) is 413 cm³/mol. The second kappa shape index (κ2) is 30.8. The maximum absolute atomic E-state index is 15.6. The highest BCUT2D eigenvalue weighted by Crippen LogP contribution is 2.60. The summed E-state index contributed by atoms with van der Waals surface area (Å²) in [6.07, 6.45) is -6.13. The Hall–Kier alpha value is -8.72. The van der Waals surface area contributed by atoms with Gasteiger partial charge < -0.3 is 55.1 Å². The van der Waals surface area contributed by atoms with E-state index < -0.39 is 199 Å². The number of rotatable bonds is 20. The second-order valence-electron chi connectivity index (χ2n) is 37.3. The van der Waals surface area contributed by atoms with Crippen molar-refractivity contribution in [3.05, 3.63) is 46.5 Å². The first-order valence-corrected chi connectivity index (χ1v) is 44.6. The van der Waals surface area contributed by atoms with E-state index in [0.29, 0.717) is 0 Å². The maximum atomic E-state index is 15.6. The molecule has 11 fully saturated rings. The van der Waals surface area contributed by atoms with E-state index in [4.69, 9.17) is 18.9 Å². The SMILES string of the molecule is CC12N3Cc4c(OCCCS(=O)(=O)[O-])ccc(OCCCS(=O)(=O)[O-])c4CN1C(=O)N1CN4C(=O)N5CN6C(=O)N7CN8C(=O)N9Cc%10c(OCCCS(=O)(=O)[O-])ccc(OCCCS(=O)(=O)[O-])c%10CN%10C(=O)N(CN%11C(=O)N(CN%12C(=O)N(CN(C3=O)C12C)C4C%125)C6C%117)C8(C)C%109C.C[N+](C)(C)C.C[N+](C)(C)C.C[N+](C)(C)C.C[N+](C)(C)C. The molecule has 15 rings (SSSR count). The molecule has 13 aliphatic rings. The molecule has 0 unspecified atom stereocenters. The van der Waals surface area contributed by atoms with Crippen molar-refractivity contribution >= 4 is 88.7 Å². The molecule has 0 aliphatic carbocycles. The first kappa shape index (κ1) is 90.1. The van der Waals surface area contributed by atoms with Crippen LogP contribution in [0.4, 0.5) is 38.4 Å². The lowest BCUT2D eigenvalue weighted by atomic mass is 9.95. The van der Waals surface area contributed by atoms with Crippen molar-refractivity contribution in [1.29, 1.82) is 0 Å². The third kappa shape index (κ3) is 17.0. The van der Waals surface area contributed by atoms with Gasteiger partial charge in [-0.1, -0.05) is 0 Å². The van der Waals surface area contributed by atoms with Gasteiger partial charge >= 0.3 is 48.2 Å². The van der Waals surface area contributed by atoms with Gasteiger partial charge in [0.05, 0.1) is 206 Å². The lowest BCUT2D eigenvalue weighted by molar-refractivity contribution is -0.849. The van der Waals surface area contributed by atoms with Gasteiger partial charge in [0.2, 0.25) is 0 Å². The quantitative estimate of drug-likeness (QED) is 0.0942. The molecule has 44 nitrogen and oxygen atoms in total. The Morgan fingerprint density at radius 2 is 0.441 bits per heavy atom. The van der Waals surface area contributed by atoms with Crippen LogP contribution in [0.2, 0.25) is 0 Å². The molecule has 2 aromatic carbocycles. The molecule has 0 bridgehead atoms. The van der Waals surface area contributed by atoms with E-state index in [9.17, 15) is 51.9 Å². The van der Waals surface area contributed by atoms with Crippen LogP contribution in [0.15, 0.2) is 24.3 Å². The fourth-order valence-electron chi connectivity index (χ4n) is 16.8. The zero-order valence-electron chi connectivity index (χ0n) is 70.6. The van der Waals surface area contributed by atoms with Gasteiger partial charge in [-0.2, -0.15) is 0 Å². The first-order chi connectivity index (χ1) is 53.9. The summed E-state index contributed by atoms with van der Waals surface area (Å²) >= 11 is 0. The number of hydrogen-bond donors (Lipinski definition) is 0. The molecular weight excluding hydrogens is 1630 g/mol. The van der Waals surface area contributed by atoms with Gasteiger partial charge in [0.25, 0.3) is 0 Å². The lowest BCUT2D eigenvalue weighted by Gasteiger charge is -2.49. The van der Waals surface area contributed by atoms with E-state index in [0.717, 1.165) is 17.9 Å². The number of carbonyl (C=O) groups excluding carboxylic acids is 8. The van der Waals surface area contributed by atoms with Gasteiger partial charge in [-0.3, -0.25) is 78.4 Å². The summed E-state index contributed by atoms with van der Waals surface area (Å²) in [7, 11) is 15.4. The molecule has 0 N–H and O–H groups in total. The molecule has 11 saturated heterocycles. The van der Waals surface area contributed by atoms with Crippen molar-refractivity contribution in [2.45, 2.75) is 127 Å². The Balaban J connectivity index is 0.000000612. The number of amides is 16. The van der Waals surface area contributed by atoms with Crippen molar-refractivity contribution < 1.29 is 127 Å². The van der Waals surface area contributed by atoms with Crippen molar-refractivity contribution in [3.63, 3.8) is 0 Å². The number of fused-ring (bicyclic) bond motifs is 2. The fourth-order valence-corrected chi connectivity index (χ4v) is 18.7. The van der Waals surface area contributed by atoms with Crippen molar-refractivity contribution in [2.24, 2.45) is 0 Å². The molecule has 118 heavy (non-hydrogen) atoms. The van der Waals surface area contributed by atoms with Gasteiger partial charge in [0, 0.05) is 45.3 Å². The average Bonchev–Trinajstić information content (AvgIpc) is 1.49. The van der Waals surface area contributed by atoms with E-state index in [1.54, 1.807) is 27.7 Å². The molecule has 660 valence electrons. The van der Waals surface area contributed by atoms with Crippen LogP contribution in [0.5, 0.6) is 23.0 Å². The monoisotopic (exact) mass is 1740 g/mol. The number of ether oxygens (including phenoxy) is 4. The van der Waals surface area contributed by atoms with Gasteiger partial charge in [-0.05, 0) is 77.6 Å². The summed E-state index contributed by atoms with van der Waals surface area (Å²) in [6, 6.07) is -0.123. The minimum absolute atomic E-state index is 0.107. The molecule has 48 heteroatoms. The number of quaternary nitrogens is 4. The first-order valence-electron chi connectivity index (χ1n) is 38.3. The normalized spacial score (nSPS) is 26.6. The van der Waals surface area contributed by atoms with Crippen molar-refractivity contribution in [1.82, 2.24) is 78.4 Å². The molecule has 13 aliphatic heterocycles. The van der Waals surface area contributed by atoms with Crippen LogP contribution in [0.25, 0.3) is 0 Å². The highest BCUT2D eigenvalue weighted by molar-refractivity contribution is 7.86. The minimum atomic E-state index is -4.64. The predicted octanol–water partition coefficient (Wildman–Crippen LogP) is -0.184. The van der Waals surface area contributed by atoms with Crippen LogP contribution in [-0.4, -0.2) is 446 Å². The Morgan fingerprint density at radius 3 is 0.602 bits per heavy atom. The van der Waals surface area contributed by atoms with E-state index >= 15 is 38.4 Å². The van der Waals surface area contributed by atoms with Crippen LogP contribution in [0.3, 0.4) is 0 Å². The number of urea groups is 8. The Labute approximate surface area is 689 Å². The number of hydrogen-bond acceptors (Lipinski definition) is 24. The molecule has 0 aromatic heterocycles. The fraction of sp³-hybridized carbons (Fsp3) is 0.714. The molecule has 2 aromatic rings. The van der Waals surface area contributed by atoms with Crippen molar-refractivity contribution in [3.8, 4) is 23.0 Å². The average molecular weight is 1750 g/mol. The summed E-state index contributed by atoms with van der Waals surface area (Å²) < 4.78 is 167. The topological polar surface area (TPSA) is 454 Å². The molecule has 0 atom stereocenters. The Kier molecular flexibility index (Phi) is 23.5. The highest BCUT2D eigenvalue weighted by atomic mass is 32.2. The van der Waals surface area contributed by atoms with E-state index in [2.05, 4.69) is 113 Å². The lowest BCUT2D eigenvalue weighted by Crippen LogP contribution is -2.69. The van der Waals surface area contributed by atoms with Gasteiger partial charge in [0.1, 0.15) is 63.0 Å². The number of benzene rings is 2. The third-order valence-electron chi connectivity index (χ3n) is 21.8. The summed E-state index contributed by atoms with van der Waals surface area (Å²) in [6.45, 7) is 0.547. The molecule has 0 radical (unpaired) electrons.